The second-order valence-electron chi connectivity index (χ2n) is 9.29. The summed E-state index contributed by atoms with van der Waals surface area (Å²) in [4.78, 5) is 30.0. The summed E-state index contributed by atoms with van der Waals surface area (Å²) >= 11 is 0. The van der Waals surface area contributed by atoms with Gasteiger partial charge in [-0.1, -0.05) is 0 Å². The Morgan fingerprint density at radius 3 is 3.00 bits per heavy atom. The molecule has 0 aliphatic carbocycles. The SMILES string of the molecule is O=C1COc2ccc(N3CC4(CCNCC5Cn6c(=O)ccc7ncc(F)c5c76)OC3O4)cc2N1. The lowest BCUT2D eigenvalue weighted by atomic mass is 10.0. The molecule has 180 valence electrons. The predicted octanol–water partition coefficient (Wildman–Crippen LogP) is 1.49. The van der Waals surface area contributed by atoms with Crippen LogP contribution in [0.15, 0.2) is 41.3 Å². The third-order valence-electron chi connectivity index (χ3n) is 7.10. The molecule has 2 aromatic heterocycles. The predicted molar refractivity (Wildman–Crippen MR) is 123 cm³/mol. The molecule has 2 N–H and O–H groups in total. The first kappa shape index (κ1) is 20.8. The monoisotopic (exact) mass is 479 g/mol. The van der Waals surface area contributed by atoms with Crippen molar-refractivity contribution in [1.29, 1.82) is 0 Å². The summed E-state index contributed by atoms with van der Waals surface area (Å²) < 4.78 is 33.6. The molecule has 1 aromatic carbocycles. The Kier molecular flexibility index (Phi) is 4.44. The van der Waals surface area contributed by atoms with Crippen LogP contribution < -0.4 is 25.8 Å². The maximum absolute atomic E-state index is 14.6. The van der Waals surface area contributed by atoms with E-state index in [9.17, 15) is 14.0 Å². The quantitative estimate of drug-likeness (QED) is 0.513. The van der Waals surface area contributed by atoms with Gasteiger partial charge < -0.3 is 34.3 Å². The van der Waals surface area contributed by atoms with E-state index < -0.39 is 12.2 Å². The van der Waals surface area contributed by atoms with E-state index >= 15 is 0 Å². The number of fused-ring (bicyclic) bond motifs is 2. The molecule has 3 saturated heterocycles. The van der Waals surface area contributed by atoms with Crippen molar-refractivity contribution in [3.63, 3.8) is 0 Å². The normalized spacial score (nSPS) is 25.9. The van der Waals surface area contributed by atoms with Gasteiger partial charge in [0.25, 0.3) is 11.5 Å². The van der Waals surface area contributed by atoms with Gasteiger partial charge in [0, 0.05) is 49.3 Å². The Morgan fingerprint density at radius 2 is 2.11 bits per heavy atom. The first-order chi connectivity index (χ1) is 17.0. The number of rotatable bonds is 6. The molecule has 7 heterocycles. The number of hydrogen-bond donors (Lipinski definition) is 2. The van der Waals surface area contributed by atoms with Crippen LogP contribution in [-0.4, -0.2) is 53.9 Å². The maximum Gasteiger partial charge on any atom is 0.262 e. The number of anilines is 2. The average Bonchev–Trinajstić information content (AvgIpc) is 3.51. The largest absolute Gasteiger partial charge is 0.482 e. The lowest BCUT2D eigenvalue weighted by Crippen LogP contribution is -2.49. The molecule has 11 heteroatoms. The van der Waals surface area contributed by atoms with Crippen molar-refractivity contribution in [2.24, 2.45) is 0 Å². The van der Waals surface area contributed by atoms with Gasteiger partial charge in [-0.05, 0) is 24.3 Å². The number of amides is 1. The van der Waals surface area contributed by atoms with Crippen molar-refractivity contribution in [1.82, 2.24) is 14.9 Å². The zero-order valence-corrected chi connectivity index (χ0v) is 18.6. The summed E-state index contributed by atoms with van der Waals surface area (Å²) in [7, 11) is 0. The molecule has 0 saturated carbocycles. The first-order valence-corrected chi connectivity index (χ1v) is 11.6. The number of benzene rings is 1. The van der Waals surface area contributed by atoms with Crippen molar-refractivity contribution >= 4 is 28.3 Å². The van der Waals surface area contributed by atoms with E-state index in [1.165, 1.54) is 12.3 Å². The highest BCUT2D eigenvalue weighted by Gasteiger charge is 2.58. The molecule has 5 aliphatic rings. The Bertz CT molecular complexity index is 1440. The lowest BCUT2D eigenvalue weighted by molar-refractivity contribution is -0.405. The number of carbonyl (C=O) groups excluding carboxylic acids is 1. The third-order valence-corrected chi connectivity index (χ3v) is 7.10. The van der Waals surface area contributed by atoms with Crippen LogP contribution in [0.1, 0.15) is 17.9 Å². The Hall–Kier alpha value is -3.54. The van der Waals surface area contributed by atoms with E-state index in [0.717, 1.165) is 5.69 Å². The molecule has 5 aliphatic heterocycles. The zero-order valence-electron chi connectivity index (χ0n) is 18.6. The van der Waals surface area contributed by atoms with E-state index in [1.54, 1.807) is 10.6 Å². The topological polar surface area (TPSA) is 107 Å². The minimum absolute atomic E-state index is 0.0172. The number of carbonyl (C=O) groups is 1. The summed E-state index contributed by atoms with van der Waals surface area (Å²) in [5.74, 6) is -0.792. The fraction of sp³-hybridized carbons (Fsp3) is 0.375. The Morgan fingerprint density at radius 1 is 1.23 bits per heavy atom. The number of pyridine rings is 2. The summed E-state index contributed by atoms with van der Waals surface area (Å²) in [5.41, 5.74) is 3.13. The van der Waals surface area contributed by atoms with Gasteiger partial charge in [-0.15, -0.1) is 0 Å². The van der Waals surface area contributed by atoms with Crippen molar-refractivity contribution in [2.75, 3.05) is 36.5 Å². The highest BCUT2D eigenvalue weighted by molar-refractivity contribution is 5.96. The van der Waals surface area contributed by atoms with Crippen LogP contribution in [0.5, 0.6) is 5.75 Å². The summed E-state index contributed by atoms with van der Waals surface area (Å²) in [6.07, 6.45) is 1.37. The minimum Gasteiger partial charge on any atom is -0.482 e. The molecule has 2 bridgehead atoms. The van der Waals surface area contributed by atoms with Crippen molar-refractivity contribution < 1.29 is 23.4 Å². The number of nitrogens with one attached hydrogen (secondary N) is 2. The molecular formula is C24H22FN5O5. The summed E-state index contributed by atoms with van der Waals surface area (Å²) in [6.45, 7) is 2.12. The van der Waals surface area contributed by atoms with E-state index in [-0.39, 0.29) is 29.8 Å². The number of halogens is 1. The second-order valence-corrected chi connectivity index (χ2v) is 9.29. The van der Waals surface area contributed by atoms with Crippen LogP contribution >= 0.6 is 0 Å². The molecule has 0 spiro atoms. The number of ether oxygens (including phenoxy) is 3. The smallest absolute Gasteiger partial charge is 0.262 e. The van der Waals surface area contributed by atoms with Crippen molar-refractivity contribution in [2.45, 2.75) is 31.1 Å². The fourth-order valence-electron chi connectivity index (χ4n) is 5.44. The van der Waals surface area contributed by atoms with E-state index in [1.807, 2.05) is 23.1 Å². The van der Waals surface area contributed by atoms with Crippen molar-refractivity contribution in [3.05, 3.63) is 58.3 Å². The number of aromatic nitrogens is 2. The van der Waals surface area contributed by atoms with Crippen LogP contribution in [0.2, 0.25) is 0 Å². The average molecular weight is 479 g/mol. The molecule has 1 amide bonds. The molecule has 10 nitrogen and oxygen atoms in total. The minimum atomic E-state index is -0.710. The Balaban J connectivity index is 0.985. The molecule has 35 heavy (non-hydrogen) atoms. The molecule has 0 radical (unpaired) electrons. The number of nitrogens with zero attached hydrogens (tertiary/aromatic N) is 3. The highest BCUT2D eigenvalue weighted by atomic mass is 19.1. The van der Waals surface area contributed by atoms with Crippen LogP contribution in [0, 0.1) is 5.82 Å². The van der Waals surface area contributed by atoms with Crippen LogP contribution in [0.3, 0.4) is 0 Å². The van der Waals surface area contributed by atoms with E-state index in [0.29, 0.717) is 60.6 Å². The van der Waals surface area contributed by atoms with E-state index in [2.05, 4.69) is 15.6 Å². The second kappa shape index (κ2) is 7.48. The molecular weight excluding hydrogens is 457 g/mol. The van der Waals surface area contributed by atoms with Gasteiger partial charge in [-0.3, -0.25) is 14.6 Å². The Labute approximate surface area is 198 Å². The van der Waals surface area contributed by atoms with Crippen LogP contribution in [-0.2, 0) is 20.8 Å². The van der Waals surface area contributed by atoms with Crippen molar-refractivity contribution in [3.8, 4) is 5.75 Å². The van der Waals surface area contributed by atoms with Gasteiger partial charge in [-0.25, -0.2) is 4.39 Å². The van der Waals surface area contributed by atoms with Gasteiger partial charge in [0.1, 0.15) is 11.6 Å². The summed E-state index contributed by atoms with van der Waals surface area (Å²) in [6, 6.07) is 8.72. The van der Waals surface area contributed by atoms with Crippen LogP contribution in [0.4, 0.5) is 15.8 Å². The molecule has 3 aromatic rings. The fourth-order valence-corrected chi connectivity index (χ4v) is 5.44. The zero-order chi connectivity index (χ0) is 23.7. The van der Waals surface area contributed by atoms with Crippen LogP contribution in [0.25, 0.3) is 11.0 Å². The number of hydrogen-bond acceptors (Lipinski definition) is 8. The molecule has 3 fully saturated rings. The van der Waals surface area contributed by atoms with Gasteiger partial charge in [0.15, 0.2) is 12.4 Å². The summed E-state index contributed by atoms with van der Waals surface area (Å²) in [5, 5.41) is 6.20. The first-order valence-electron chi connectivity index (χ1n) is 11.6. The van der Waals surface area contributed by atoms with Gasteiger partial charge in [-0.2, -0.15) is 0 Å². The lowest BCUT2D eigenvalue weighted by Gasteiger charge is -2.37. The standard InChI is InChI=1S/C24H22FN5O5/c25-15-9-27-16-2-4-20(32)29-10-13(21(15)22(16)29)8-26-6-5-24-12-30(23(34-24)35-24)14-1-3-18-17(7-14)28-19(31)11-33-18/h1-4,7,9,13,23,26H,5-6,8,10-12H2,(H,28,31). The molecule has 1 atom stereocenters. The highest BCUT2D eigenvalue weighted by Crippen LogP contribution is 2.46. The maximum atomic E-state index is 14.6. The third kappa shape index (κ3) is 3.23. The van der Waals surface area contributed by atoms with Gasteiger partial charge in [0.2, 0.25) is 6.41 Å². The van der Waals surface area contributed by atoms with Gasteiger partial charge >= 0.3 is 0 Å². The van der Waals surface area contributed by atoms with E-state index in [4.69, 9.17) is 14.2 Å². The molecule has 8 rings (SSSR count). The van der Waals surface area contributed by atoms with Gasteiger partial charge in [0.05, 0.1) is 29.5 Å². The molecule has 1 unspecified atom stereocenters.